The van der Waals surface area contributed by atoms with Crippen molar-refractivity contribution in [3.63, 3.8) is 0 Å². The topological polar surface area (TPSA) is 67.2 Å². The van der Waals surface area contributed by atoms with Crippen molar-refractivity contribution in [2.24, 2.45) is 5.73 Å². The highest BCUT2D eigenvalue weighted by Gasteiger charge is 2.16. The maximum atomic E-state index is 11.6. The van der Waals surface area contributed by atoms with Gasteiger partial charge in [0.25, 0.3) is 0 Å². The van der Waals surface area contributed by atoms with Crippen molar-refractivity contribution in [1.29, 1.82) is 0 Å². The minimum absolute atomic E-state index is 0.311. The van der Waals surface area contributed by atoms with Gasteiger partial charge in [-0.15, -0.1) is 0 Å². The van der Waals surface area contributed by atoms with Crippen LogP contribution in [0, 0.1) is 0 Å². The summed E-state index contributed by atoms with van der Waals surface area (Å²) in [4.78, 5) is 11.6. The fourth-order valence-electron chi connectivity index (χ4n) is 1.85. The number of anilines is 1. The summed E-state index contributed by atoms with van der Waals surface area (Å²) in [5.41, 5.74) is 6.99. The molecule has 0 fully saturated rings. The quantitative estimate of drug-likeness (QED) is 0.740. The summed E-state index contributed by atoms with van der Waals surface area (Å²) in [5, 5.41) is 6.21. The molecular weight excluding hydrogens is 282 g/mol. The minimum Gasteiger partial charge on any atom is -0.368 e. The predicted molar refractivity (Wildman–Crippen MR) is 88.9 cm³/mol. The lowest BCUT2D eigenvalue weighted by molar-refractivity contribution is -0.119. The zero-order valence-electron chi connectivity index (χ0n) is 12.4. The van der Waals surface area contributed by atoms with E-state index in [-0.39, 0.29) is 0 Å². The Morgan fingerprint density at radius 2 is 1.86 bits per heavy atom. The summed E-state index contributed by atoms with van der Waals surface area (Å²) in [6.07, 6.45) is 0.311. The van der Waals surface area contributed by atoms with E-state index in [0.29, 0.717) is 17.6 Å². The Hall–Kier alpha value is -2.40. The summed E-state index contributed by atoms with van der Waals surface area (Å²) < 4.78 is 7.84. The van der Waals surface area contributed by atoms with Gasteiger partial charge in [0.2, 0.25) is 5.91 Å². The number of hydrogen-bond donors (Lipinski definition) is 3. The van der Waals surface area contributed by atoms with Crippen LogP contribution in [0.15, 0.2) is 60.6 Å². The molecule has 0 saturated heterocycles. The number of carbonyl (C=O) groups excluding carboxylic acids is 1. The molecule has 2 rings (SSSR count). The van der Waals surface area contributed by atoms with Crippen LogP contribution in [0.1, 0.15) is 6.93 Å². The van der Waals surface area contributed by atoms with Crippen LogP contribution in [-0.2, 0) is 11.2 Å². The molecule has 0 radical (unpaired) electrons. The van der Waals surface area contributed by atoms with E-state index in [9.17, 15) is 4.79 Å². The number of nitrogens with two attached hydrogens (primary N) is 1. The van der Waals surface area contributed by atoms with Crippen LogP contribution in [0.3, 0.4) is 0 Å². The lowest BCUT2D eigenvalue weighted by Gasteiger charge is -2.18. The second kappa shape index (κ2) is 7.40. The molecule has 4 nitrogen and oxygen atoms in total. The molecular formula is C16H17N3OS. The number of primary amides is 1. The van der Waals surface area contributed by atoms with Crippen LogP contribution >= 0.6 is 12.2 Å². The Morgan fingerprint density at radius 3 is 2.52 bits per heavy atom. The average Bonchev–Trinajstić information content (AvgIpc) is 2.49. The smallest absolute Gasteiger partial charge is 0.240 e. The third-order valence-corrected chi connectivity index (χ3v) is 3.10. The molecule has 0 aliphatic carbocycles. The zero-order chi connectivity index (χ0) is 15.9. The SMILES string of the molecule is [2H]c1ccccc1CC(NC(=S)Nc1ccccc1)C(N)=O. The van der Waals surface area contributed by atoms with Gasteiger partial charge in [0.1, 0.15) is 6.04 Å². The maximum absolute atomic E-state index is 11.6. The highest BCUT2D eigenvalue weighted by molar-refractivity contribution is 7.80. The normalized spacial score (nSPS) is 12.1. The summed E-state index contributed by atoms with van der Waals surface area (Å²) in [7, 11) is 0. The van der Waals surface area contributed by atoms with Crippen molar-refractivity contribution in [2.45, 2.75) is 12.5 Å². The van der Waals surface area contributed by atoms with E-state index >= 15 is 0 Å². The first kappa shape index (κ1) is 13.6. The number of thiocarbonyl (C=S) groups is 1. The van der Waals surface area contributed by atoms with Gasteiger partial charge in [-0.1, -0.05) is 48.5 Å². The molecule has 0 bridgehead atoms. The molecule has 0 aromatic heterocycles. The first-order valence-electron chi connectivity index (χ1n) is 7.02. The molecule has 2 aromatic rings. The molecule has 108 valence electrons. The van der Waals surface area contributed by atoms with E-state index in [2.05, 4.69) is 10.6 Å². The molecule has 1 unspecified atom stereocenters. The Bertz CT molecular complexity index is 663. The molecule has 2 aromatic carbocycles. The highest BCUT2D eigenvalue weighted by Crippen LogP contribution is 2.06. The standard InChI is InChI=1S/C16H17N3OS/c17-15(20)14(11-12-7-3-1-4-8-12)19-16(21)18-13-9-5-2-6-10-13/h1-10,14H,11H2,(H2,17,20)(H2,18,19,21)/i7D. The van der Waals surface area contributed by atoms with E-state index in [1.807, 2.05) is 36.4 Å². The van der Waals surface area contributed by atoms with E-state index in [1.165, 1.54) is 0 Å². The van der Waals surface area contributed by atoms with Gasteiger partial charge in [0, 0.05) is 12.1 Å². The van der Waals surface area contributed by atoms with Gasteiger partial charge in [0.15, 0.2) is 5.11 Å². The molecule has 5 heteroatoms. The fourth-order valence-corrected chi connectivity index (χ4v) is 2.11. The van der Waals surface area contributed by atoms with Crippen molar-refractivity contribution in [3.05, 3.63) is 66.2 Å². The molecule has 21 heavy (non-hydrogen) atoms. The predicted octanol–water partition coefficient (Wildman–Crippen LogP) is 2.07. The Labute approximate surface area is 130 Å². The number of para-hydroxylation sites is 1. The summed E-state index contributed by atoms with van der Waals surface area (Å²) in [5.74, 6) is -0.513. The van der Waals surface area contributed by atoms with Gasteiger partial charge in [-0.05, 0) is 29.9 Å². The average molecular weight is 300 g/mol. The van der Waals surface area contributed by atoms with E-state index in [0.717, 1.165) is 11.3 Å². The van der Waals surface area contributed by atoms with E-state index in [4.69, 9.17) is 19.3 Å². The van der Waals surface area contributed by atoms with Gasteiger partial charge in [-0.25, -0.2) is 0 Å². The molecule has 0 spiro atoms. The van der Waals surface area contributed by atoms with E-state index < -0.39 is 11.9 Å². The molecule has 0 saturated carbocycles. The molecule has 0 aliphatic rings. The minimum atomic E-state index is -0.671. The number of hydrogen-bond acceptors (Lipinski definition) is 2. The van der Waals surface area contributed by atoms with Crippen LogP contribution < -0.4 is 16.4 Å². The molecule has 4 N–H and O–H groups in total. The number of benzene rings is 2. The Morgan fingerprint density at radius 1 is 1.19 bits per heavy atom. The molecule has 0 aliphatic heterocycles. The lowest BCUT2D eigenvalue weighted by atomic mass is 10.1. The van der Waals surface area contributed by atoms with Gasteiger partial charge in [0.05, 0.1) is 1.37 Å². The third kappa shape index (κ3) is 4.89. The first-order chi connectivity index (χ1) is 10.6. The van der Waals surface area contributed by atoms with Crippen molar-refractivity contribution in [2.75, 3.05) is 5.32 Å². The first-order valence-corrected chi connectivity index (χ1v) is 6.93. The van der Waals surface area contributed by atoms with Crippen molar-refractivity contribution in [3.8, 4) is 0 Å². The maximum Gasteiger partial charge on any atom is 0.240 e. The van der Waals surface area contributed by atoms with Gasteiger partial charge >= 0.3 is 0 Å². The summed E-state index contributed by atoms with van der Waals surface area (Å²) in [6, 6.07) is 16.2. The zero-order valence-corrected chi connectivity index (χ0v) is 12.2. The van der Waals surface area contributed by atoms with Crippen LogP contribution in [0.4, 0.5) is 5.69 Å². The third-order valence-electron chi connectivity index (χ3n) is 2.88. The summed E-state index contributed by atoms with van der Waals surface area (Å²) >= 11 is 5.20. The number of rotatable bonds is 5. The van der Waals surface area contributed by atoms with Crippen LogP contribution in [0.25, 0.3) is 0 Å². The van der Waals surface area contributed by atoms with Gasteiger partial charge in [-0.2, -0.15) is 0 Å². The lowest BCUT2D eigenvalue weighted by Crippen LogP contribution is -2.47. The van der Waals surface area contributed by atoms with Crippen LogP contribution in [0.5, 0.6) is 0 Å². The Balaban J connectivity index is 2.01. The van der Waals surface area contributed by atoms with Gasteiger partial charge in [-0.3, -0.25) is 4.79 Å². The van der Waals surface area contributed by atoms with E-state index in [1.54, 1.807) is 18.2 Å². The van der Waals surface area contributed by atoms with Crippen LogP contribution in [0.2, 0.25) is 0 Å². The molecule has 1 atom stereocenters. The fraction of sp³-hybridized carbons (Fsp3) is 0.125. The van der Waals surface area contributed by atoms with Crippen molar-refractivity contribution in [1.82, 2.24) is 5.32 Å². The number of amides is 1. The second-order valence-electron chi connectivity index (χ2n) is 4.51. The van der Waals surface area contributed by atoms with Crippen molar-refractivity contribution < 1.29 is 6.17 Å². The highest BCUT2D eigenvalue weighted by atomic mass is 32.1. The van der Waals surface area contributed by atoms with Crippen molar-refractivity contribution >= 4 is 28.9 Å². The van der Waals surface area contributed by atoms with Gasteiger partial charge < -0.3 is 16.4 Å². The van der Waals surface area contributed by atoms with Crippen LogP contribution in [-0.4, -0.2) is 17.1 Å². The molecule has 0 heterocycles. The Kier molecular flexibility index (Phi) is 4.78. The largest absolute Gasteiger partial charge is 0.368 e. The number of carbonyl (C=O) groups is 1. The number of nitrogens with one attached hydrogen (secondary N) is 2. The summed E-state index contributed by atoms with van der Waals surface area (Å²) in [6.45, 7) is 0. The molecule has 1 amide bonds. The second-order valence-corrected chi connectivity index (χ2v) is 4.92. The monoisotopic (exact) mass is 300 g/mol.